The Morgan fingerprint density at radius 1 is 1.04 bits per heavy atom. The molecule has 1 aromatic carbocycles. The van der Waals surface area contributed by atoms with Crippen molar-refractivity contribution in [2.24, 2.45) is 0 Å². The van der Waals surface area contributed by atoms with Crippen LogP contribution < -0.4 is 14.8 Å². The van der Waals surface area contributed by atoms with Gasteiger partial charge in [-0.15, -0.1) is 11.3 Å². The molecule has 0 saturated carbocycles. The molecule has 2 heterocycles. The van der Waals surface area contributed by atoms with Crippen molar-refractivity contribution in [1.29, 1.82) is 0 Å². The van der Waals surface area contributed by atoms with Crippen LogP contribution in [0.1, 0.15) is 34.5 Å². The molecule has 0 amide bonds. The van der Waals surface area contributed by atoms with Crippen LogP contribution in [0, 0.1) is 20.8 Å². The van der Waals surface area contributed by atoms with Gasteiger partial charge in [0.25, 0.3) is 0 Å². The minimum atomic E-state index is 0.0671. The highest BCUT2D eigenvalue weighted by Crippen LogP contribution is 2.36. The first kappa shape index (κ1) is 17.5. The summed E-state index contributed by atoms with van der Waals surface area (Å²) in [5.41, 5.74) is 3.52. The lowest BCUT2D eigenvalue weighted by atomic mass is 10.0. The normalized spacial score (nSPS) is 12.2. The first-order chi connectivity index (χ1) is 12.0. The summed E-state index contributed by atoms with van der Waals surface area (Å²) in [6.45, 7) is 8.43. The number of hydrogen-bond donors (Lipinski definition) is 1. The van der Waals surface area contributed by atoms with Crippen LogP contribution >= 0.6 is 11.3 Å². The lowest BCUT2D eigenvalue weighted by Crippen LogP contribution is -2.10. The van der Waals surface area contributed by atoms with E-state index in [1.807, 2.05) is 12.1 Å². The number of hydrogen-bond acceptors (Lipinski definition) is 6. The van der Waals surface area contributed by atoms with E-state index in [1.165, 1.54) is 10.4 Å². The Bertz CT molecular complexity index is 921. The van der Waals surface area contributed by atoms with E-state index in [1.54, 1.807) is 31.9 Å². The van der Waals surface area contributed by atoms with Crippen molar-refractivity contribution < 1.29 is 9.47 Å². The molecule has 5 nitrogen and oxygen atoms in total. The topological polar surface area (TPSA) is 56.3 Å². The fraction of sp³-hybridized carbons (Fsp3) is 0.368. The molecule has 0 spiro atoms. The van der Waals surface area contributed by atoms with E-state index in [9.17, 15) is 0 Å². The average molecular weight is 357 g/mol. The van der Waals surface area contributed by atoms with Gasteiger partial charge in [-0.05, 0) is 56.5 Å². The van der Waals surface area contributed by atoms with Gasteiger partial charge in [-0.2, -0.15) is 0 Å². The standard InChI is InChI=1S/C19H23N3O2S/c1-10-7-15(23-5)16(24-6)8-14(10)12(3)22-18-17-11(2)13(4)25-19(17)21-9-20-18/h7-9,12H,1-6H3,(H,20,21,22). The maximum absolute atomic E-state index is 5.45. The molecular formula is C19H23N3O2S. The smallest absolute Gasteiger partial charge is 0.161 e. The van der Waals surface area contributed by atoms with E-state index >= 15 is 0 Å². The number of aromatic nitrogens is 2. The van der Waals surface area contributed by atoms with Gasteiger partial charge in [-0.3, -0.25) is 0 Å². The third kappa shape index (κ3) is 3.14. The lowest BCUT2D eigenvalue weighted by molar-refractivity contribution is 0.354. The predicted molar refractivity (Wildman–Crippen MR) is 103 cm³/mol. The molecule has 0 bridgehead atoms. The Labute approximate surface area is 152 Å². The largest absolute Gasteiger partial charge is 0.493 e. The number of ether oxygens (including phenoxy) is 2. The fourth-order valence-electron chi connectivity index (χ4n) is 3.04. The molecule has 1 atom stereocenters. The zero-order chi connectivity index (χ0) is 18.1. The second-order valence-electron chi connectivity index (χ2n) is 6.12. The molecule has 132 valence electrons. The summed E-state index contributed by atoms with van der Waals surface area (Å²) in [5, 5.41) is 4.65. The average Bonchev–Trinajstić information content (AvgIpc) is 2.89. The molecule has 6 heteroatoms. The van der Waals surface area contributed by atoms with E-state index in [4.69, 9.17) is 9.47 Å². The number of anilines is 1. The number of aryl methyl sites for hydroxylation is 3. The second-order valence-corrected chi connectivity index (χ2v) is 7.32. The lowest BCUT2D eigenvalue weighted by Gasteiger charge is -2.20. The summed E-state index contributed by atoms with van der Waals surface area (Å²) in [5.74, 6) is 2.34. The van der Waals surface area contributed by atoms with Crippen molar-refractivity contribution >= 4 is 27.4 Å². The molecule has 0 aliphatic carbocycles. The molecule has 1 N–H and O–H groups in total. The van der Waals surface area contributed by atoms with Crippen LogP contribution in [0.15, 0.2) is 18.5 Å². The zero-order valence-corrected chi connectivity index (χ0v) is 16.2. The summed E-state index contributed by atoms with van der Waals surface area (Å²) in [6.07, 6.45) is 1.62. The zero-order valence-electron chi connectivity index (χ0n) is 15.4. The van der Waals surface area contributed by atoms with Gasteiger partial charge in [-0.25, -0.2) is 9.97 Å². The van der Waals surface area contributed by atoms with Crippen molar-refractivity contribution in [2.75, 3.05) is 19.5 Å². The molecule has 0 fully saturated rings. The second kappa shape index (κ2) is 6.88. The number of rotatable bonds is 5. The number of nitrogens with one attached hydrogen (secondary N) is 1. The number of thiophene rings is 1. The van der Waals surface area contributed by atoms with Crippen LogP contribution in [0.3, 0.4) is 0 Å². The minimum Gasteiger partial charge on any atom is -0.493 e. The highest BCUT2D eigenvalue weighted by molar-refractivity contribution is 7.18. The van der Waals surface area contributed by atoms with Gasteiger partial charge in [0.15, 0.2) is 11.5 Å². The fourth-order valence-corrected chi connectivity index (χ4v) is 4.03. The van der Waals surface area contributed by atoms with Gasteiger partial charge >= 0.3 is 0 Å². The highest BCUT2D eigenvalue weighted by Gasteiger charge is 2.17. The van der Waals surface area contributed by atoms with Crippen molar-refractivity contribution in [2.45, 2.75) is 33.7 Å². The number of fused-ring (bicyclic) bond motifs is 1. The van der Waals surface area contributed by atoms with Gasteiger partial charge in [0.1, 0.15) is 17.0 Å². The summed E-state index contributed by atoms with van der Waals surface area (Å²) >= 11 is 1.70. The van der Waals surface area contributed by atoms with Crippen LogP contribution in [0.4, 0.5) is 5.82 Å². The first-order valence-corrected chi connectivity index (χ1v) is 8.97. The first-order valence-electron chi connectivity index (χ1n) is 8.16. The van der Waals surface area contributed by atoms with Crippen molar-refractivity contribution in [3.05, 3.63) is 40.0 Å². The SMILES string of the molecule is COc1cc(C)c(C(C)Nc2ncnc3sc(C)c(C)c23)cc1OC. The van der Waals surface area contributed by atoms with Crippen LogP contribution in [0.5, 0.6) is 11.5 Å². The molecule has 3 rings (SSSR count). The Balaban J connectivity index is 1.99. The molecule has 1 unspecified atom stereocenters. The molecule has 3 aromatic rings. The predicted octanol–water partition coefficient (Wildman–Crippen LogP) is 4.81. The summed E-state index contributed by atoms with van der Waals surface area (Å²) in [7, 11) is 3.30. The van der Waals surface area contributed by atoms with E-state index < -0.39 is 0 Å². The molecule has 0 saturated heterocycles. The van der Waals surface area contributed by atoms with E-state index in [2.05, 4.69) is 43.0 Å². The van der Waals surface area contributed by atoms with E-state index in [0.717, 1.165) is 38.7 Å². The van der Waals surface area contributed by atoms with Gasteiger partial charge < -0.3 is 14.8 Å². The van der Waals surface area contributed by atoms with Crippen LogP contribution in [-0.2, 0) is 0 Å². The molecule has 25 heavy (non-hydrogen) atoms. The summed E-state index contributed by atoms with van der Waals surface area (Å²) in [6, 6.07) is 4.09. The summed E-state index contributed by atoms with van der Waals surface area (Å²) < 4.78 is 10.8. The Hall–Kier alpha value is -2.34. The third-order valence-corrected chi connectivity index (χ3v) is 5.67. The molecule has 0 aliphatic heterocycles. The van der Waals surface area contributed by atoms with Crippen LogP contribution in [-0.4, -0.2) is 24.2 Å². The maximum Gasteiger partial charge on any atom is 0.161 e. The number of nitrogens with zero attached hydrogens (tertiary/aromatic N) is 2. The molecular weight excluding hydrogens is 334 g/mol. The quantitative estimate of drug-likeness (QED) is 0.710. The summed E-state index contributed by atoms with van der Waals surface area (Å²) in [4.78, 5) is 11.2. The Morgan fingerprint density at radius 2 is 1.72 bits per heavy atom. The molecule has 0 radical (unpaired) electrons. The monoisotopic (exact) mass is 357 g/mol. The van der Waals surface area contributed by atoms with Gasteiger partial charge in [0.05, 0.1) is 25.6 Å². The van der Waals surface area contributed by atoms with Crippen molar-refractivity contribution in [1.82, 2.24) is 9.97 Å². The Kier molecular flexibility index (Phi) is 4.81. The van der Waals surface area contributed by atoms with E-state index in [0.29, 0.717) is 0 Å². The van der Waals surface area contributed by atoms with Gasteiger partial charge in [0.2, 0.25) is 0 Å². The molecule has 0 aliphatic rings. The van der Waals surface area contributed by atoms with Crippen molar-refractivity contribution in [3.63, 3.8) is 0 Å². The molecule has 2 aromatic heterocycles. The van der Waals surface area contributed by atoms with Gasteiger partial charge in [0, 0.05) is 4.88 Å². The van der Waals surface area contributed by atoms with Crippen molar-refractivity contribution in [3.8, 4) is 11.5 Å². The minimum absolute atomic E-state index is 0.0671. The maximum atomic E-state index is 5.45. The third-order valence-electron chi connectivity index (χ3n) is 4.56. The van der Waals surface area contributed by atoms with E-state index in [-0.39, 0.29) is 6.04 Å². The van der Waals surface area contributed by atoms with Crippen LogP contribution in [0.25, 0.3) is 10.2 Å². The van der Waals surface area contributed by atoms with Crippen LogP contribution in [0.2, 0.25) is 0 Å². The Morgan fingerprint density at radius 3 is 2.40 bits per heavy atom. The number of benzene rings is 1. The van der Waals surface area contributed by atoms with Gasteiger partial charge in [-0.1, -0.05) is 0 Å². The number of methoxy groups -OCH3 is 2. The highest BCUT2D eigenvalue weighted by atomic mass is 32.1.